The predicted molar refractivity (Wildman–Crippen MR) is 75.8 cm³/mol. The van der Waals surface area contributed by atoms with Crippen molar-refractivity contribution in [2.45, 2.75) is 13.8 Å². The van der Waals surface area contributed by atoms with E-state index in [1.165, 1.54) is 0 Å². The summed E-state index contributed by atoms with van der Waals surface area (Å²) in [7, 11) is 4.86. The highest BCUT2D eigenvalue weighted by Gasteiger charge is 2.29. The van der Waals surface area contributed by atoms with Gasteiger partial charge >= 0.3 is 0 Å². The van der Waals surface area contributed by atoms with Gasteiger partial charge in [-0.2, -0.15) is 0 Å². The van der Waals surface area contributed by atoms with Crippen molar-refractivity contribution in [2.24, 2.45) is 11.1 Å². The highest BCUT2D eigenvalue weighted by Crippen LogP contribution is 2.32. The molecule has 0 saturated carbocycles. The molecule has 1 amide bonds. The van der Waals surface area contributed by atoms with E-state index in [4.69, 9.17) is 15.2 Å². The maximum absolute atomic E-state index is 12.3. The first-order chi connectivity index (χ1) is 8.87. The molecule has 0 heterocycles. The molecule has 0 atom stereocenters. The summed E-state index contributed by atoms with van der Waals surface area (Å²) in [6, 6.07) is 5.35. The van der Waals surface area contributed by atoms with Crippen molar-refractivity contribution in [1.29, 1.82) is 0 Å². The number of ether oxygens (including phenoxy) is 2. The van der Waals surface area contributed by atoms with Crippen LogP contribution in [0.25, 0.3) is 0 Å². The van der Waals surface area contributed by atoms with E-state index in [0.29, 0.717) is 18.0 Å². The van der Waals surface area contributed by atoms with Crippen LogP contribution < -0.4 is 20.1 Å². The van der Waals surface area contributed by atoms with Crippen LogP contribution in [0.5, 0.6) is 11.5 Å². The summed E-state index contributed by atoms with van der Waals surface area (Å²) < 4.78 is 10.4. The lowest BCUT2D eigenvalue weighted by Crippen LogP contribution is -2.42. The highest BCUT2D eigenvalue weighted by molar-refractivity contribution is 5.97. The summed E-state index contributed by atoms with van der Waals surface area (Å²) in [5, 5.41) is 0. The molecule has 0 aromatic heterocycles. The molecule has 1 rings (SSSR count). The summed E-state index contributed by atoms with van der Waals surface area (Å²) in [6.07, 6.45) is 0. The van der Waals surface area contributed by atoms with E-state index in [1.54, 1.807) is 38.3 Å². The lowest BCUT2D eigenvalue weighted by atomic mass is 9.92. The van der Waals surface area contributed by atoms with Gasteiger partial charge in [0.05, 0.1) is 19.6 Å². The van der Waals surface area contributed by atoms with Crippen molar-refractivity contribution >= 4 is 11.6 Å². The van der Waals surface area contributed by atoms with Crippen LogP contribution in [0.4, 0.5) is 5.69 Å². The maximum atomic E-state index is 12.3. The molecule has 1 aromatic rings. The molecule has 106 valence electrons. The molecule has 19 heavy (non-hydrogen) atoms. The number of hydrogen-bond donors (Lipinski definition) is 1. The van der Waals surface area contributed by atoms with E-state index in [9.17, 15) is 4.79 Å². The van der Waals surface area contributed by atoms with Crippen molar-refractivity contribution < 1.29 is 14.3 Å². The minimum atomic E-state index is -0.595. The predicted octanol–water partition coefficient (Wildman–Crippen LogP) is 1.65. The summed E-state index contributed by atoms with van der Waals surface area (Å²) in [6.45, 7) is 3.95. The Morgan fingerprint density at radius 3 is 2.32 bits per heavy atom. The zero-order valence-corrected chi connectivity index (χ0v) is 12.2. The van der Waals surface area contributed by atoms with E-state index in [1.807, 2.05) is 19.9 Å². The topological polar surface area (TPSA) is 64.8 Å². The van der Waals surface area contributed by atoms with Gasteiger partial charge in [0.15, 0.2) is 11.5 Å². The Labute approximate surface area is 114 Å². The number of amides is 1. The van der Waals surface area contributed by atoms with E-state index in [2.05, 4.69) is 0 Å². The normalized spacial score (nSPS) is 11.1. The van der Waals surface area contributed by atoms with Crippen LogP contribution in [-0.2, 0) is 4.79 Å². The number of nitrogens with two attached hydrogens (primary N) is 1. The number of methoxy groups -OCH3 is 2. The number of benzene rings is 1. The average molecular weight is 266 g/mol. The molecular weight excluding hydrogens is 244 g/mol. The van der Waals surface area contributed by atoms with Crippen molar-refractivity contribution in [3.8, 4) is 11.5 Å². The van der Waals surface area contributed by atoms with Crippen LogP contribution in [0.1, 0.15) is 13.8 Å². The van der Waals surface area contributed by atoms with Crippen molar-refractivity contribution in [2.75, 3.05) is 32.7 Å². The molecule has 0 saturated heterocycles. The Morgan fingerprint density at radius 2 is 1.84 bits per heavy atom. The zero-order chi connectivity index (χ0) is 14.6. The third-order valence-electron chi connectivity index (χ3n) is 3.15. The fraction of sp³-hybridized carbons (Fsp3) is 0.500. The van der Waals surface area contributed by atoms with Crippen LogP contribution in [0.15, 0.2) is 18.2 Å². The average Bonchev–Trinajstić information content (AvgIpc) is 2.44. The third-order valence-corrected chi connectivity index (χ3v) is 3.15. The van der Waals surface area contributed by atoms with Crippen molar-refractivity contribution in [1.82, 2.24) is 0 Å². The van der Waals surface area contributed by atoms with Gasteiger partial charge < -0.3 is 20.1 Å². The Kier molecular flexibility index (Phi) is 4.78. The monoisotopic (exact) mass is 266 g/mol. The van der Waals surface area contributed by atoms with Crippen LogP contribution in [0.3, 0.4) is 0 Å². The molecule has 0 aliphatic carbocycles. The number of nitrogens with zero attached hydrogens (tertiary/aromatic N) is 1. The molecule has 0 bridgehead atoms. The summed E-state index contributed by atoms with van der Waals surface area (Å²) in [5.74, 6) is 1.18. The lowest BCUT2D eigenvalue weighted by molar-refractivity contribution is -0.125. The molecular formula is C14H22N2O3. The second-order valence-corrected chi connectivity index (χ2v) is 4.99. The Morgan fingerprint density at radius 1 is 1.26 bits per heavy atom. The molecule has 2 N–H and O–H groups in total. The largest absolute Gasteiger partial charge is 0.493 e. The van der Waals surface area contributed by atoms with Gasteiger partial charge in [-0.15, -0.1) is 0 Å². The van der Waals surface area contributed by atoms with Crippen LogP contribution in [0.2, 0.25) is 0 Å². The number of carbonyl (C=O) groups excluding carboxylic acids is 1. The Bertz CT molecular complexity index is 458. The van der Waals surface area contributed by atoms with Gasteiger partial charge in [-0.05, 0) is 26.0 Å². The van der Waals surface area contributed by atoms with Crippen LogP contribution in [0, 0.1) is 5.41 Å². The molecule has 0 aliphatic rings. The Hall–Kier alpha value is -1.75. The highest BCUT2D eigenvalue weighted by atomic mass is 16.5. The van der Waals surface area contributed by atoms with Crippen LogP contribution in [-0.4, -0.2) is 33.7 Å². The first kappa shape index (κ1) is 15.3. The Balaban J connectivity index is 3.07. The second-order valence-electron chi connectivity index (χ2n) is 4.99. The SMILES string of the molecule is COc1ccc(N(C)C(=O)C(C)(C)CN)cc1OC. The van der Waals surface area contributed by atoms with Crippen LogP contribution >= 0.6 is 0 Å². The molecule has 0 fully saturated rings. The van der Waals surface area contributed by atoms with E-state index in [-0.39, 0.29) is 5.91 Å². The van der Waals surface area contributed by atoms with Gasteiger partial charge in [0.1, 0.15) is 0 Å². The standard InChI is InChI=1S/C14H22N2O3/c1-14(2,9-15)13(17)16(3)10-6-7-11(18-4)12(8-10)19-5/h6-8H,9,15H2,1-5H3. The van der Waals surface area contributed by atoms with Gasteiger partial charge in [-0.3, -0.25) is 4.79 Å². The number of anilines is 1. The first-order valence-corrected chi connectivity index (χ1v) is 6.07. The smallest absolute Gasteiger partial charge is 0.233 e. The third kappa shape index (κ3) is 3.17. The van der Waals surface area contributed by atoms with Gasteiger partial charge in [0.2, 0.25) is 5.91 Å². The van der Waals surface area contributed by atoms with Gasteiger partial charge in [-0.25, -0.2) is 0 Å². The molecule has 5 heteroatoms. The van der Waals surface area contributed by atoms with Crippen molar-refractivity contribution in [3.63, 3.8) is 0 Å². The molecule has 0 radical (unpaired) electrons. The molecule has 1 aromatic carbocycles. The minimum Gasteiger partial charge on any atom is -0.493 e. The van der Waals surface area contributed by atoms with Crippen molar-refractivity contribution in [3.05, 3.63) is 18.2 Å². The zero-order valence-electron chi connectivity index (χ0n) is 12.2. The van der Waals surface area contributed by atoms with E-state index < -0.39 is 5.41 Å². The quantitative estimate of drug-likeness (QED) is 0.880. The second kappa shape index (κ2) is 5.93. The number of hydrogen-bond acceptors (Lipinski definition) is 4. The molecule has 0 aliphatic heterocycles. The van der Waals surface area contributed by atoms with Gasteiger partial charge in [0, 0.05) is 25.3 Å². The summed E-state index contributed by atoms with van der Waals surface area (Å²) in [5.41, 5.74) is 5.78. The number of carbonyl (C=O) groups is 1. The molecule has 0 unspecified atom stereocenters. The summed E-state index contributed by atoms with van der Waals surface area (Å²) in [4.78, 5) is 13.9. The molecule has 0 spiro atoms. The fourth-order valence-electron chi connectivity index (χ4n) is 1.69. The van der Waals surface area contributed by atoms with E-state index >= 15 is 0 Å². The lowest BCUT2D eigenvalue weighted by Gasteiger charge is -2.28. The minimum absolute atomic E-state index is 0.0396. The summed E-state index contributed by atoms with van der Waals surface area (Å²) >= 11 is 0. The van der Waals surface area contributed by atoms with E-state index in [0.717, 1.165) is 5.69 Å². The maximum Gasteiger partial charge on any atom is 0.233 e. The van der Waals surface area contributed by atoms with Gasteiger partial charge in [0.25, 0.3) is 0 Å². The van der Waals surface area contributed by atoms with Gasteiger partial charge in [-0.1, -0.05) is 0 Å². The fourth-order valence-corrected chi connectivity index (χ4v) is 1.69. The molecule has 5 nitrogen and oxygen atoms in total. The number of rotatable bonds is 5. The first-order valence-electron chi connectivity index (χ1n) is 6.07.